The second-order valence-electron chi connectivity index (χ2n) is 3.77. The van der Waals surface area contributed by atoms with Gasteiger partial charge in [-0.3, -0.25) is 0 Å². The largest absolute Gasteiger partial charge is 0.0814 e. The van der Waals surface area contributed by atoms with Gasteiger partial charge in [0.25, 0.3) is 0 Å². The molecule has 0 radical (unpaired) electrons. The van der Waals surface area contributed by atoms with E-state index in [1.807, 2.05) is 0 Å². The van der Waals surface area contributed by atoms with Crippen LogP contribution in [0.2, 0.25) is 0 Å². The van der Waals surface area contributed by atoms with E-state index in [1.54, 1.807) is 0 Å². The van der Waals surface area contributed by atoms with Crippen LogP contribution < -0.4 is 0 Å². The Hall–Kier alpha value is -1.04. The van der Waals surface area contributed by atoms with Crippen LogP contribution in [0, 0.1) is 5.92 Å². The van der Waals surface area contributed by atoms with Crippen molar-refractivity contribution in [2.24, 2.45) is 5.92 Å². The normalized spacial score (nSPS) is 36.7. The highest BCUT2D eigenvalue weighted by atomic mass is 14.1. The van der Waals surface area contributed by atoms with Crippen molar-refractivity contribution in [3.05, 3.63) is 47.6 Å². The molecule has 13 heavy (non-hydrogen) atoms. The molecule has 1 rings (SSSR count). The third kappa shape index (κ3) is 3.45. The smallest absolute Gasteiger partial charge is 0.0221 e. The Kier molecular flexibility index (Phi) is 3.75. The fourth-order valence-corrected chi connectivity index (χ4v) is 1.44. The predicted octanol–water partition coefficient (Wildman–Crippen LogP) is 4.03. The summed E-state index contributed by atoms with van der Waals surface area (Å²) in [7, 11) is 0. The van der Waals surface area contributed by atoms with Gasteiger partial charge in [-0.25, -0.2) is 0 Å². The average Bonchev–Trinajstić information content (AvgIpc) is 2.09. The summed E-state index contributed by atoms with van der Waals surface area (Å²) < 4.78 is 0. The highest BCUT2D eigenvalue weighted by molar-refractivity contribution is 5.27. The first-order chi connectivity index (χ1) is 6.20. The van der Waals surface area contributed by atoms with Gasteiger partial charge in [-0.15, -0.1) is 0 Å². The first kappa shape index (κ1) is 10.0. The minimum absolute atomic E-state index is 0.645. The molecule has 0 saturated heterocycles. The molecule has 0 heteroatoms. The number of hydrogen-bond acceptors (Lipinski definition) is 0. The summed E-state index contributed by atoms with van der Waals surface area (Å²) in [5, 5.41) is 0. The van der Waals surface area contributed by atoms with Gasteiger partial charge in [0.2, 0.25) is 0 Å². The molecule has 0 saturated carbocycles. The van der Waals surface area contributed by atoms with E-state index in [2.05, 4.69) is 57.2 Å². The van der Waals surface area contributed by atoms with Crippen molar-refractivity contribution in [2.75, 3.05) is 0 Å². The molecule has 0 aromatic carbocycles. The molecule has 0 aromatic heterocycles. The zero-order valence-corrected chi connectivity index (χ0v) is 8.75. The third-order valence-electron chi connectivity index (χ3n) is 2.42. The molecule has 0 bridgehead atoms. The van der Waals surface area contributed by atoms with Crippen LogP contribution in [0.15, 0.2) is 47.6 Å². The van der Waals surface area contributed by atoms with Crippen LogP contribution in [-0.2, 0) is 0 Å². The number of allylic oxidation sites excluding steroid dienone is 8. The molecule has 1 unspecified atom stereocenters. The minimum atomic E-state index is 0.645. The van der Waals surface area contributed by atoms with Crippen LogP contribution in [-0.4, -0.2) is 0 Å². The van der Waals surface area contributed by atoms with E-state index in [4.69, 9.17) is 0 Å². The van der Waals surface area contributed by atoms with Gasteiger partial charge in [0.1, 0.15) is 0 Å². The zero-order valence-electron chi connectivity index (χ0n) is 8.75. The topological polar surface area (TPSA) is 0 Å². The van der Waals surface area contributed by atoms with Crippen LogP contribution >= 0.6 is 0 Å². The minimum Gasteiger partial charge on any atom is -0.0814 e. The summed E-state index contributed by atoms with van der Waals surface area (Å²) in [6.07, 6.45) is 14.0. The van der Waals surface area contributed by atoms with E-state index in [1.165, 1.54) is 17.6 Å². The van der Waals surface area contributed by atoms with Crippen molar-refractivity contribution >= 4 is 0 Å². The Bertz CT molecular complexity index is 274. The lowest BCUT2D eigenvalue weighted by Crippen LogP contribution is -1.92. The maximum Gasteiger partial charge on any atom is -0.0221 e. The summed E-state index contributed by atoms with van der Waals surface area (Å²) in [6, 6.07) is 0. The lowest BCUT2D eigenvalue weighted by atomic mass is 9.97. The van der Waals surface area contributed by atoms with Crippen molar-refractivity contribution in [1.82, 2.24) is 0 Å². The van der Waals surface area contributed by atoms with Gasteiger partial charge in [0.15, 0.2) is 0 Å². The Morgan fingerprint density at radius 2 is 1.77 bits per heavy atom. The SMILES string of the molecule is CC1=C(\C)CC(C)/C=C/C=C\C=C/1. The molecule has 0 nitrogen and oxygen atoms in total. The second kappa shape index (κ2) is 4.86. The van der Waals surface area contributed by atoms with Gasteiger partial charge in [-0.2, -0.15) is 0 Å². The standard InChI is InChI=1S/C13H18/c1-11-8-6-4-5-7-9-12(2)13(3)10-11/h4-9,11H,10H2,1-3H3/b5-4-,8-6+,9-7-,13-12+. The Morgan fingerprint density at radius 1 is 1.08 bits per heavy atom. The van der Waals surface area contributed by atoms with Crippen molar-refractivity contribution in [3.63, 3.8) is 0 Å². The third-order valence-corrected chi connectivity index (χ3v) is 2.42. The Balaban J connectivity index is 2.88. The van der Waals surface area contributed by atoms with Crippen LogP contribution in [0.5, 0.6) is 0 Å². The van der Waals surface area contributed by atoms with Crippen molar-refractivity contribution in [3.8, 4) is 0 Å². The molecule has 0 fully saturated rings. The van der Waals surface area contributed by atoms with Crippen LogP contribution in [0.25, 0.3) is 0 Å². The quantitative estimate of drug-likeness (QED) is 0.520. The highest BCUT2D eigenvalue weighted by Crippen LogP contribution is 2.17. The fourth-order valence-electron chi connectivity index (χ4n) is 1.44. The Labute approximate surface area is 81.4 Å². The van der Waals surface area contributed by atoms with Gasteiger partial charge in [0, 0.05) is 0 Å². The average molecular weight is 174 g/mol. The molecule has 0 amide bonds. The molecule has 0 spiro atoms. The van der Waals surface area contributed by atoms with E-state index in [0.29, 0.717) is 5.92 Å². The molecule has 0 N–H and O–H groups in total. The number of hydrogen-bond donors (Lipinski definition) is 0. The predicted molar refractivity (Wildman–Crippen MR) is 59.6 cm³/mol. The van der Waals surface area contributed by atoms with Gasteiger partial charge >= 0.3 is 0 Å². The van der Waals surface area contributed by atoms with Crippen LogP contribution in [0.3, 0.4) is 0 Å². The molecule has 0 aliphatic heterocycles. The van der Waals surface area contributed by atoms with E-state index >= 15 is 0 Å². The van der Waals surface area contributed by atoms with Crippen LogP contribution in [0.1, 0.15) is 27.2 Å². The first-order valence-electron chi connectivity index (χ1n) is 4.88. The highest BCUT2D eigenvalue weighted by Gasteiger charge is 2.00. The molecule has 1 atom stereocenters. The van der Waals surface area contributed by atoms with E-state index < -0.39 is 0 Å². The van der Waals surface area contributed by atoms with Gasteiger partial charge in [0.05, 0.1) is 0 Å². The zero-order chi connectivity index (χ0) is 9.68. The second-order valence-corrected chi connectivity index (χ2v) is 3.77. The molecule has 0 aromatic rings. The summed E-state index contributed by atoms with van der Waals surface area (Å²) in [5.41, 5.74) is 2.88. The summed E-state index contributed by atoms with van der Waals surface area (Å²) >= 11 is 0. The lowest BCUT2D eigenvalue weighted by molar-refractivity contribution is 0.712. The van der Waals surface area contributed by atoms with Crippen molar-refractivity contribution < 1.29 is 0 Å². The maximum atomic E-state index is 2.26. The van der Waals surface area contributed by atoms with Crippen molar-refractivity contribution in [2.45, 2.75) is 27.2 Å². The molecule has 1 aliphatic carbocycles. The molecular formula is C13H18. The fraction of sp³-hybridized carbons (Fsp3) is 0.385. The van der Waals surface area contributed by atoms with E-state index in [0.717, 1.165) is 0 Å². The number of rotatable bonds is 0. The molecule has 70 valence electrons. The molecular weight excluding hydrogens is 156 g/mol. The summed E-state index contributed by atoms with van der Waals surface area (Å²) in [6.45, 7) is 6.65. The van der Waals surface area contributed by atoms with Gasteiger partial charge in [-0.05, 0) is 26.2 Å². The van der Waals surface area contributed by atoms with Crippen LogP contribution in [0.4, 0.5) is 0 Å². The van der Waals surface area contributed by atoms with Crippen molar-refractivity contribution in [1.29, 1.82) is 0 Å². The van der Waals surface area contributed by atoms with Gasteiger partial charge < -0.3 is 0 Å². The first-order valence-corrected chi connectivity index (χ1v) is 4.88. The van der Waals surface area contributed by atoms with E-state index in [-0.39, 0.29) is 0 Å². The maximum absolute atomic E-state index is 2.26. The summed E-state index contributed by atoms with van der Waals surface area (Å²) in [5.74, 6) is 0.645. The Morgan fingerprint density at radius 3 is 2.54 bits per heavy atom. The molecule has 0 heterocycles. The molecule has 1 aliphatic rings. The monoisotopic (exact) mass is 174 g/mol. The lowest BCUT2D eigenvalue weighted by Gasteiger charge is -2.09. The summed E-state index contributed by atoms with van der Waals surface area (Å²) in [4.78, 5) is 0. The van der Waals surface area contributed by atoms with E-state index in [9.17, 15) is 0 Å². The van der Waals surface area contributed by atoms with Gasteiger partial charge in [-0.1, -0.05) is 54.5 Å².